The number of likely N-dealkylation sites (N-methyl/N-ethyl adjacent to an activating group) is 1. The molecule has 0 fully saturated rings. The molecule has 0 unspecified atom stereocenters. The first kappa shape index (κ1) is 26.2. The first-order valence-electron chi connectivity index (χ1n) is 11.9. The summed E-state index contributed by atoms with van der Waals surface area (Å²) >= 11 is 0. The van der Waals surface area contributed by atoms with Gasteiger partial charge in [0.2, 0.25) is 5.91 Å². The molecule has 2 aromatic carbocycles. The van der Waals surface area contributed by atoms with Crippen LogP contribution in [0.2, 0.25) is 0 Å². The fraction of sp³-hybridized carbons (Fsp3) is 0.444. The van der Waals surface area contributed by atoms with Crippen molar-refractivity contribution in [3.63, 3.8) is 0 Å². The highest BCUT2D eigenvalue weighted by molar-refractivity contribution is 5.94. The summed E-state index contributed by atoms with van der Waals surface area (Å²) in [6, 6.07) is 10.7. The number of hydrogen-bond donors (Lipinski definition) is 2. The molecule has 0 saturated heterocycles. The number of carboxylic acid groups (broad SMARTS) is 1. The van der Waals surface area contributed by atoms with E-state index in [1.54, 1.807) is 30.9 Å². The molecule has 35 heavy (non-hydrogen) atoms. The Morgan fingerprint density at radius 2 is 1.80 bits per heavy atom. The van der Waals surface area contributed by atoms with Crippen LogP contribution in [0, 0.1) is 0 Å². The largest absolute Gasteiger partial charge is 0.478 e. The topological polar surface area (TPSA) is 99.2 Å². The van der Waals surface area contributed by atoms with Gasteiger partial charge in [-0.15, -0.1) is 0 Å². The Bertz CT molecular complexity index is 1110. The number of carbonyl (C=O) groups is 3. The molecule has 3 rings (SSSR count). The Morgan fingerprint density at radius 1 is 1.14 bits per heavy atom. The molecule has 8 nitrogen and oxygen atoms in total. The first-order chi connectivity index (χ1) is 16.5. The van der Waals surface area contributed by atoms with Crippen LogP contribution in [0.1, 0.15) is 61.6 Å². The molecule has 0 aliphatic carbocycles. The molecule has 1 aliphatic heterocycles. The van der Waals surface area contributed by atoms with Gasteiger partial charge in [-0.1, -0.05) is 18.2 Å². The van der Waals surface area contributed by atoms with Crippen LogP contribution in [0.15, 0.2) is 36.4 Å². The van der Waals surface area contributed by atoms with Crippen LogP contribution in [0.3, 0.4) is 0 Å². The molecule has 8 heteroatoms. The second-order valence-corrected chi connectivity index (χ2v) is 9.63. The van der Waals surface area contributed by atoms with Gasteiger partial charge in [0.05, 0.1) is 17.7 Å². The molecule has 0 radical (unpaired) electrons. The highest BCUT2D eigenvalue weighted by atomic mass is 16.6. The van der Waals surface area contributed by atoms with Crippen LogP contribution < -0.4 is 10.2 Å². The van der Waals surface area contributed by atoms with Crippen molar-refractivity contribution in [3.8, 4) is 11.1 Å². The van der Waals surface area contributed by atoms with Gasteiger partial charge in [0.15, 0.2) is 0 Å². The number of amides is 2. The Hall–Kier alpha value is -3.39. The van der Waals surface area contributed by atoms with E-state index in [2.05, 4.69) is 5.32 Å². The number of nitrogens with zero attached hydrogens (tertiary/aromatic N) is 2. The van der Waals surface area contributed by atoms with Crippen molar-refractivity contribution in [2.45, 2.75) is 58.7 Å². The number of alkyl carbamates (subject to hydrolysis) is 1. The van der Waals surface area contributed by atoms with Crippen molar-refractivity contribution in [2.75, 3.05) is 25.5 Å². The summed E-state index contributed by atoms with van der Waals surface area (Å²) in [6.07, 6.45) is 0.411. The van der Waals surface area contributed by atoms with E-state index in [4.69, 9.17) is 4.74 Å². The van der Waals surface area contributed by atoms with E-state index in [0.717, 1.165) is 34.5 Å². The summed E-state index contributed by atoms with van der Waals surface area (Å²) in [4.78, 5) is 40.4. The zero-order chi connectivity index (χ0) is 25.9. The molecule has 2 N–H and O–H groups in total. The average molecular weight is 482 g/mol. The van der Waals surface area contributed by atoms with Crippen LogP contribution in [-0.4, -0.2) is 60.8 Å². The molecule has 0 saturated carbocycles. The lowest BCUT2D eigenvalue weighted by atomic mass is 9.88. The van der Waals surface area contributed by atoms with Crippen LogP contribution in [0.25, 0.3) is 11.1 Å². The lowest BCUT2D eigenvalue weighted by Gasteiger charge is -2.39. The fourth-order valence-electron chi connectivity index (χ4n) is 4.58. The summed E-state index contributed by atoms with van der Waals surface area (Å²) in [5, 5.41) is 12.6. The van der Waals surface area contributed by atoms with Crippen molar-refractivity contribution < 1.29 is 24.2 Å². The number of anilines is 1. The maximum Gasteiger partial charge on any atom is 0.407 e. The molecule has 0 spiro atoms. The number of nitrogens with one attached hydrogen (secondary N) is 1. The van der Waals surface area contributed by atoms with Crippen molar-refractivity contribution in [1.29, 1.82) is 0 Å². The predicted octanol–water partition coefficient (Wildman–Crippen LogP) is 4.48. The SMILES string of the molecule is CC(=O)N1c2ccc(-c3ccc(C(=O)O)c(CCN(C)C)c3)cc2[C@H](NC(=O)OC(C)C)C[C@@H]1C. The second-order valence-electron chi connectivity index (χ2n) is 9.63. The van der Waals surface area contributed by atoms with Gasteiger partial charge in [-0.05, 0) is 88.2 Å². The molecule has 0 bridgehead atoms. The maximum absolute atomic E-state index is 12.4. The van der Waals surface area contributed by atoms with E-state index >= 15 is 0 Å². The van der Waals surface area contributed by atoms with Gasteiger partial charge in [0.25, 0.3) is 0 Å². The van der Waals surface area contributed by atoms with E-state index < -0.39 is 12.1 Å². The number of aromatic carboxylic acids is 1. The van der Waals surface area contributed by atoms with Crippen molar-refractivity contribution in [2.24, 2.45) is 0 Å². The average Bonchev–Trinajstić information content (AvgIpc) is 2.76. The number of ether oxygens (including phenoxy) is 1. The Labute approximate surface area is 206 Å². The van der Waals surface area contributed by atoms with Gasteiger partial charge in [-0.3, -0.25) is 4.79 Å². The summed E-state index contributed by atoms with van der Waals surface area (Å²) in [7, 11) is 3.90. The third-order valence-electron chi connectivity index (χ3n) is 6.15. The summed E-state index contributed by atoms with van der Waals surface area (Å²) in [6.45, 7) is 7.81. The third kappa shape index (κ3) is 6.19. The monoisotopic (exact) mass is 481 g/mol. The number of hydrogen-bond acceptors (Lipinski definition) is 5. The molecule has 188 valence electrons. The van der Waals surface area contributed by atoms with Gasteiger partial charge >= 0.3 is 12.1 Å². The van der Waals surface area contributed by atoms with Gasteiger partial charge in [0, 0.05) is 25.2 Å². The summed E-state index contributed by atoms with van der Waals surface area (Å²) < 4.78 is 5.30. The standard InChI is InChI=1S/C27H35N3O5/c1-16(2)35-27(34)28-24-13-17(3)30(18(4)31)25-10-8-20(15-23(24)25)19-7-9-22(26(32)33)21(14-19)11-12-29(5)6/h7-10,14-17,24H,11-13H2,1-6H3,(H,28,34)(H,32,33)/t17-,24+/m0/s1. The van der Waals surface area contributed by atoms with E-state index in [9.17, 15) is 19.5 Å². The molecule has 2 amide bonds. The predicted molar refractivity (Wildman–Crippen MR) is 136 cm³/mol. The lowest BCUT2D eigenvalue weighted by molar-refractivity contribution is -0.117. The highest BCUT2D eigenvalue weighted by Crippen LogP contribution is 2.40. The third-order valence-corrected chi connectivity index (χ3v) is 6.15. The molecular weight excluding hydrogens is 446 g/mol. The van der Waals surface area contributed by atoms with Crippen molar-refractivity contribution in [3.05, 3.63) is 53.1 Å². The number of rotatable bonds is 7. The Morgan fingerprint density at radius 3 is 2.40 bits per heavy atom. The zero-order valence-electron chi connectivity index (χ0n) is 21.3. The molecule has 1 heterocycles. The van der Waals surface area contributed by atoms with E-state index in [1.807, 2.05) is 50.2 Å². The van der Waals surface area contributed by atoms with Crippen LogP contribution >= 0.6 is 0 Å². The first-order valence-corrected chi connectivity index (χ1v) is 11.9. The minimum Gasteiger partial charge on any atom is -0.478 e. The smallest absolute Gasteiger partial charge is 0.407 e. The number of fused-ring (bicyclic) bond motifs is 1. The fourth-order valence-corrected chi connectivity index (χ4v) is 4.58. The van der Waals surface area contributed by atoms with Crippen molar-refractivity contribution >= 4 is 23.7 Å². The summed E-state index contributed by atoms with van der Waals surface area (Å²) in [5.74, 6) is -1.01. The Balaban J connectivity index is 2.05. The normalized spacial score (nSPS) is 17.3. The van der Waals surface area contributed by atoms with Gasteiger partial charge in [-0.2, -0.15) is 0 Å². The van der Waals surface area contributed by atoms with E-state index in [-0.39, 0.29) is 24.1 Å². The number of carbonyl (C=O) groups excluding carboxylic acids is 2. The number of carboxylic acids is 1. The number of benzene rings is 2. The van der Waals surface area contributed by atoms with E-state index in [1.165, 1.54) is 6.92 Å². The van der Waals surface area contributed by atoms with Gasteiger partial charge < -0.3 is 25.0 Å². The van der Waals surface area contributed by atoms with Gasteiger partial charge in [-0.25, -0.2) is 9.59 Å². The van der Waals surface area contributed by atoms with Crippen LogP contribution in [0.5, 0.6) is 0 Å². The summed E-state index contributed by atoms with van der Waals surface area (Å²) in [5.41, 5.74) is 4.40. The molecule has 2 atom stereocenters. The quantitative estimate of drug-likeness (QED) is 0.605. The minimum atomic E-state index is -0.949. The molecule has 2 aromatic rings. The minimum absolute atomic E-state index is 0.0634. The Kier molecular flexibility index (Phi) is 8.17. The van der Waals surface area contributed by atoms with Crippen LogP contribution in [-0.2, 0) is 16.0 Å². The maximum atomic E-state index is 12.4. The zero-order valence-corrected chi connectivity index (χ0v) is 21.3. The molecule has 0 aromatic heterocycles. The lowest BCUT2D eigenvalue weighted by Crippen LogP contribution is -2.45. The van der Waals surface area contributed by atoms with Gasteiger partial charge in [0.1, 0.15) is 0 Å². The van der Waals surface area contributed by atoms with Crippen LogP contribution in [0.4, 0.5) is 10.5 Å². The highest BCUT2D eigenvalue weighted by Gasteiger charge is 2.34. The molecule has 1 aliphatic rings. The van der Waals surface area contributed by atoms with E-state index in [0.29, 0.717) is 18.4 Å². The molecular formula is C27H35N3O5. The second kappa shape index (κ2) is 10.9. The van der Waals surface area contributed by atoms with Crippen molar-refractivity contribution in [1.82, 2.24) is 10.2 Å².